The highest BCUT2D eigenvalue weighted by Crippen LogP contribution is 2.26. The summed E-state index contributed by atoms with van der Waals surface area (Å²) in [5.41, 5.74) is 0.323. The van der Waals surface area contributed by atoms with Gasteiger partial charge in [0.15, 0.2) is 6.29 Å². The van der Waals surface area contributed by atoms with Crippen molar-refractivity contribution in [3.8, 4) is 5.75 Å². The highest BCUT2D eigenvalue weighted by molar-refractivity contribution is 5.60. The summed E-state index contributed by atoms with van der Waals surface area (Å²) in [5.74, 6) is -0.374. The molecule has 1 aromatic rings. The molecule has 94 valence electrons. The summed E-state index contributed by atoms with van der Waals surface area (Å²) >= 11 is 0. The second-order valence-electron chi connectivity index (χ2n) is 3.13. The average Bonchev–Trinajstić information content (AvgIpc) is 2.24. The summed E-state index contributed by atoms with van der Waals surface area (Å²) in [6.45, 7) is 1.97. The van der Waals surface area contributed by atoms with Crippen molar-refractivity contribution in [2.24, 2.45) is 0 Å². The van der Waals surface area contributed by atoms with Gasteiger partial charge in [0, 0.05) is 6.61 Å². The predicted octanol–water partition coefficient (Wildman–Crippen LogP) is 2.86. The first kappa shape index (κ1) is 13.5. The van der Waals surface area contributed by atoms with Crippen LogP contribution >= 0.6 is 0 Å². The molecule has 0 amide bonds. The van der Waals surface area contributed by atoms with E-state index in [1.807, 2.05) is 0 Å². The SMILES string of the molecule is CCOC(C=O)c1cccc(OC(F)(F)F)c1. The van der Waals surface area contributed by atoms with Gasteiger partial charge in [0.1, 0.15) is 11.9 Å². The third-order valence-corrected chi connectivity index (χ3v) is 1.89. The smallest absolute Gasteiger partial charge is 0.406 e. The molecule has 0 aromatic heterocycles. The van der Waals surface area contributed by atoms with Gasteiger partial charge in [-0.3, -0.25) is 0 Å². The van der Waals surface area contributed by atoms with Crippen molar-refractivity contribution in [3.05, 3.63) is 29.8 Å². The van der Waals surface area contributed by atoms with Crippen LogP contribution in [0, 0.1) is 0 Å². The van der Waals surface area contributed by atoms with E-state index in [2.05, 4.69) is 4.74 Å². The lowest BCUT2D eigenvalue weighted by atomic mass is 10.1. The van der Waals surface area contributed by atoms with E-state index in [1.165, 1.54) is 12.1 Å². The zero-order valence-electron chi connectivity index (χ0n) is 9.03. The van der Waals surface area contributed by atoms with Crippen LogP contribution in [0.15, 0.2) is 24.3 Å². The summed E-state index contributed by atoms with van der Waals surface area (Å²) in [7, 11) is 0. The lowest BCUT2D eigenvalue weighted by molar-refractivity contribution is -0.274. The lowest BCUT2D eigenvalue weighted by Crippen LogP contribution is -2.17. The molecule has 0 aliphatic carbocycles. The van der Waals surface area contributed by atoms with Gasteiger partial charge in [-0.2, -0.15) is 0 Å². The number of ether oxygens (including phenoxy) is 2. The number of carbonyl (C=O) groups excluding carboxylic acids is 1. The van der Waals surface area contributed by atoms with Crippen molar-refractivity contribution < 1.29 is 27.4 Å². The van der Waals surface area contributed by atoms with Crippen LogP contribution in [-0.4, -0.2) is 19.3 Å². The van der Waals surface area contributed by atoms with Gasteiger partial charge in [0.2, 0.25) is 0 Å². The summed E-state index contributed by atoms with van der Waals surface area (Å²) in [4.78, 5) is 10.7. The normalized spacial score (nSPS) is 13.2. The predicted molar refractivity (Wildman–Crippen MR) is 53.6 cm³/mol. The maximum Gasteiger partial charge on any atom is 0.573 e. The minimum absolute atomic E-state index is 0.285. The Bertz CT molecular complexity index is 376. The molecule has 0 saturated carbocycles. The molecule has 1 unspecified atom stereocenters. The zero-order valence-corrected chi connectivity index (χ0v) is 9.03. The van der Waals surface area contributed by atoms with E-state index in [0.29, 0.717) is 11.8 Å². The van der Waals surface area contributed by atoms with E-state index >= 15 is 0 Å². The lowest BCUT2D eigenvalue weighted by Gasteiger charge is -2.13. The van der Waals surface area contributed by atoms with Crippen molar-refractivity contribution in [1.29, 1.82) is 0 Å². The van der Waals surface area contributed by atoms with Gasteiger partial charge in [-0.15, -0.1) is 13.2 Å². The van der Waals surface area contributed by atoms with Crippen LogP contribution < -0.4 is 4.74 Å². The van der Waals surface area contributed by atoms with Gasteiger partial charge in [0.05, 0.1) is 0 Å². The topological polar surface area (TPSA) is 35.5 Å². The molecule has 0 heterocycles. The molecule has 17 heavy (non-hydrogen) atoms. The fourth-order valence-electron chi connectivity index (χ4n) is 1.28. The summed E-state index contributed by atoms with van der Waals surface area (Å²) in [6.07, 6.45) is -5.10. The molecule has 1 aromatic carbocycles. The first-order valence-electron chi connectivity index (χ1n) is 4.89. The molecule has 0 saturated heterocycles. The van der Waals surface area contributed by atoms with Crippen LogP contribution in [0.3, 0.4) is 0 Å². The van der Waals surface area contributed by atoms with E-state index in [4.69, 9.17) is 4.74 Å². The molecule has 0 aliphatic rings. The number of hydrogen-bond donors (Lipinski definition) is 0. The summed E-state index contributed by atoms with van der Waals surface area (Å²) in [5, 5.41) is 0. The number of rotatable bonds is 5. The first-order chi connectivity index (χ1) is 7.96. The molecule has 1 atom stereocenters. The van der Waals surface area contributed by atoms with E-state index in [9.17, 15) is 18.0 Å². The molecule has 0 N–H and O–H groups in total. The Morgan fingerprint density at radius 2 is 2.12 bits per heavy atom. The Morgan fingerprint density at radius 1 is 1.41 bits per heavy atom. The van der Waals surface area contributed by atoms with Gasteiger partial charge < -0.3 is 14.3 Å². The van der Waals surface area contributed by atoms with E-state index in [1.54, 1.807) is 6.92 Å². The zero-order chi connectivity index (χ0) is 12.9. The maximum absolute atomic E-state index is 12.0. The Balaban J connectivity index is 2.88. The minimum Gasteiger partial charge on any atom is -0.406 e. The summed E-state index contributed by atoms with van der Waals surface area (Å²) < 4.78 is 44.7. The van der Waals surface area contributed by atoms with E-state index in [-0.39, 0.29) is 12.4 Å². The van der Waals surface area contributed by atoms with Crippen LogP contribution in [0.1, 0.15) is 18.6 Å². The van der Waals surface area contributed by atoms with Gasteiger partial charge in [-0.25, -0.2) is 0 Å². The van der Waals surface area contributed by atoms with Crippen LogP contribution in [0.25, 0.3) is 0 Å². The fourth-order valence-corrected chi connectivity index (χ4v) is 1.28. The molecule has 6 heteroatoms. The van der Waals surface area contributed by atoms with Crippen molar-refractivity contribution in [1.82, 2.24) is 0 Å². The molecule has 0 bridgehead atoms. The van der Waals surface area contributed by atoms with E-state index < -0.39 is 12.5 Å². The molecule has 0 aliphatic heterocycles. The van der Waals surface area contributed by atoms with Crippen molar-refractivity contribution in [3.63, 3.8) is 0 Å². The fraction of sp³-hybridized carbons (Fsp3) is 0.364. The Kier molecular flexibility index (Phi) is 4.51. The Labute approximate surface area is 96.1 Å². The highest BCUT2D eigenvalue weighted by atomic mass is 19.4. The summed E-state index contributed by atoms with van der Waals surface area (Å²) in [6, 6.07) is 5.15. The van der Waals surface area contributed by atoms with Crippen molar-refractivity contribution in [2.75, 3.05) is 6.61 Å². The largest absolute Gasteiger partial charge is 0.573 e. The molecule has 3 nitrogen and oxygen atoms in total. The second-order valence-corrected chi connectivity index (χ2v) is 3.13. The van der Waals surface area contributed by atoms with Crippen molar-refractivity contribution in [2.45, 2.75) is 19.4 Å². The van der Waals surface area contributed by atoms with Gasteiger partial charge >= 0.3 is 6.36 Å². The molecule has 0 spiro atoms. The number of alkyl halides is 3. The standard InChI is InChI=1S/C11H11F3O3/c1-2-16-10(7-15)8-4-3-5-9(6-8)17-11(12,13)14/h3-7,10H,2H2,1H3. The van der Waals surface area contributed by atoms with Gasteiger partial charge in [0.25, 0.3) is 0 Å². The third kappa shape index (κ3) is 4.44. The van der Waals surface area contributed by atoms with E-state index in [0.717, 1.165) is 12.1 Å². The molecule has 1 rings (SSSR count). The Morgan fingerprint density at radius 3 is 2.65 bits per heavy atom. The monoisotopic (exact) mass is 248 g/mol. The Hall–Kier alpha value is -1.56. The second kappa shape index (κ2) is 5.67. The third-order valence-electron chi connectivity index (χ3n) is 1.89. The maximum atomic E-state index is 12.0. The minimum atomic E-state index is -4.75. The molecule has 0 radical (unpaired) electrons. The van der Waals surface area contributed by atoms with Crippen molar-refractivity contribution >= 4 is 6.29 Å². The quantitative estimate of drug-likeness (QED) is 0.751. The molecule has 0 fully saturated rings. The average molecular weight is 248 g/mol. The molecular weight excluding hydrogens is 237 g/mol. The van der Waals surface area contributed by atoms with Gasteiger partial charge in [-0.1, -0.05) is 12.1 Å². The number of carbonyl (C=O) groups is 1. The van der Waals surface area contributed by atoms with Crippen LogP contribution in [0.4, 0.5) is 13.2 Å². The number of aldehydes is 1. The van der Waals surface area contributed by atoms with Crippen LogP contribution in [-0.2, 0) is 9.53 Å². The molecular formula is C11H11F3O3. The van der Waals surface area contributed by atoms with Crippen LogP contribution in [0.2, 0.25) is 0 Å². The highest BCUT2D eigenvalue weighted by Gasteiger charge is 2.31. The van der Waals surface area contributed by atoms with Crippen LogP contribution in [0.5, 0.6) is 5.75 Å². The number of benzene rings is 1. The first-order valence-corrected chi connectivity index (χ1v) is 4.89. The van der Waals surface area contributed by atoms with Gasteiger partial charge in [-0.05, 0) is 24.6 Å². The number of halogens is 3. The number of hydrogen-bond acceptors (Lipinski definition) is 3.